The first-order chi connectivity index (χ1) is 15.2. The summed E-state index contributed by atoms with van der Waals surface area (Å²) in [6.45, 7) is 0.712. The van der Waals surface area contributed by atoms with Crippen LogP contribution in [0.1, 0.15) is 30.1 Å². The molecule has 5 rings (SSSR count). The summed E-state index contributed by atoms with van der Waals surface area (Å²) in [6, 6.07) is 15.9. The second-order valence-corrected chi connectivity index (χ2v) is 9.35. The smallest absolute Gasteiger partial charge is 0.236 e. The van der Waals surface area contributed by atoms with E-state index in [0.29, 0.717) is 17.6 Å². The molecule has 0 spiro atoms. The highest BCUT2D eigenvalue weighted by atomic mass is 32.2. The fourth-order valence-electron chi connectivity index (χ4n) is 3.34. The third kappa shape index (κ3) is 4.57. The monoisotopic (exact) mass is 451 g/mol. The molecule has 1 saturated carbocycles. The van der Waals surface area contributed by atoms with Crippen LogP contribution in [0.15, 0.2) is 53.7 Å². The van der Waals surface area contributed by atoms with Crippen LogP contribution in [0.25, 0.3) is 10.2 Å². The number of thiazole rings is 1. The molecule has 0 aliphatic heterocycles. The molecule has 2 aromatic heterocycles. The topological polar surface area (TPSA) is 81.9 Å². The number of anilines is 1. The zero-order chi connectivity index (χ0) is 21.2. The molecule has 0 unspecified atom stereocenters. The van der Waals surface area contributed by atoms with Gasteiger partial charge in [-0.15, -0.1) is 10.2 Å². The highest BCUT2D eigenvalue weighted by molar-refractivity contribution is 7.99. The molecule has 0 atom stereocenters. The van der Waals surface area contributed by atoms with Crippen molar-refractivity contribution in [2.45, 2.75) is 30.5 Å². The van der Waals surface area contributed by atoms with Crippen LogP contribution in [0.3, 0.4) is 0 Å². The zero-order valence-electron chi connectivity index (χ0n) is 16.9. The van der Waals surface area contributed by atoms with Crippen molar-refractivity contribution < 1.29 is 9.53 Å². The summed E-state index contributed by atoms with van der Waals surface area (Å²) in [5.41, 5.74) is 2.03. The lowest BCUT2D eigenvalue weighted by molar-refractivity contribution is -0.113. The van der Waals surface area contributed by atoms with E-state index >= 15 is 0 Å². The number of carbonyl (C=O) groups excluding carboxylic acids is 1. The average molecular weight is 452 g/mol. The molecule has 1 aliphatic carbocycles. The molecule has 158 valence electrons. The second kappa shape index (κ2) is 8.68. The summed E-state index contributed by atoms with van der Waals surface area (Å²) in [7, 11) is 1.63. The maximum atomic E-state index is 12.6. The Morgan fingerprint density at radius 1 is 1.23 bits per heavy atom. The molecular weight excluding hydrogens is 430 g/mol. The molecule has 4 aromatic rings. The minimum absolute atomic E-state index is 0.113. The van der Waals surface area contributed by atoms with E-state index in [1.54, 1.807) is 7.11 Å². The summed E-state index contributed by atoms with van der Waals surface area (Å²) in [4.78, 5) is 17.0. The van der Waals surface area contributed by atoms with Crippen molar-refractivity contribution in [1.82, 2.24) is 19.7 Å². The first-order valence-electron chi connectivity index (χ1n) is 10.0. The predicted molar refractivity (Wildman–Crippen MR) is 123 cm³/mol. The Kier molecular flexibility index (Phi) is 5.61. The quantitative estimate of drug-likeness (QED) is 0.396. The van der Waals surface area contributed by atoms with Crippen LogP contribution < -0.4 is 10.1 Å². The molecule has 1 N–H and O–H groups in total. The standard InChI is InChI=1S/C22H21N5O2S2/c1-29-16-9-10-17-18(11-16)31-21(23-17)24-19(28)13-30-22-26-25-20(15-7-8-15)27(22)12-14-5-3-2-4-6-14/h2-6,9-11,15H,7-8,12-13H2,1H3,(H,23,24,28). The Morgan fingerprint density at radius 3 is 2.84 bits per heavy atom. The molecule has 31 heavy (non-hydrogen) atoms. The van der Waals surface area contributed by atoms with E-state index < -0.39 is 0 Å². The van der Waals surface area contributed by atoms with E-state index in [-0.39, 0.29) is 11.7 Å². The SMILES string of the molecule is COc1ccc2nc(NC(=O)CSc3nnc(C4CC4)n3Cc3ccccc3)sc2c1. The van der Waals surface area contributed by atoms with Crippen molar-refractivity contribution >= 4 is 44.4 Å². The van der Waals surface area contributed by atoms with Gasteiger partial charge < -0.3 is 14.6 Å². The predicted octanol–water partition coefficient (Wildman–Crippen LogP) is 4.55. The number of benzene rings is 2. The van der Waals surface area contributed by atoms with E-state index in [2.05, 4.69) is 37.2 Å². The number of aromatic nitrogens is 4. The van der Waals surface area contributed by atoms with E-state index in [4.69, 9.17) is 4.74 Å². The lowest BCUT2D eigenvalue weighted by Gasteiger charge is -2.10. The van der Waals surface area contributed by atoms with Crippen LogP contribution in [-0.2, 0) is 11.3 Å². The van der Waals surface area contributed by atoms with Gasteiger partial charge in [-0.3, -0.25) is 4.79 Å². The molecule has 0 radical (unpaired) electrons. The van der Waals surface area contributed by atoms with Gasteiger partial charge in [-0.2, -0.15) is 0 Å². The van der Waals surface area contributed by atoms with E-state index in [0.717, 1.165) is 39.8 Å². The van der Waals surface area contributed by atoms with Crippen molar-refractivity contribution in [2.75, 3.05) is 18.2 Å². The van der Waals surface area contributed by atoms with Gasteiger partial charge in [-0.1, -0.05) is 53.4 Å². The Hall–Kier alpha value is -2.91. The van der Waals surface area contributed by atoms with Gasteiger partial charge >= 0.3 is 0 Å². The van der Waals surface area contributed by atoms with Crippen molar-refractivity contribution in [1.29, 1.82) is 0 Å². The van der Waals surface area contributed by atoms with E-state index in [1.807, 2.05) is 36.4 Å². The minimum atomic E-state index is -0.113. The summed E-state index contributed by atoms with van der Waals surface area (Å²) >= 11 is 2.84. The third-order valence-corrected chi connectivity index (χ3v) is 6.95. The fraction of sp³-hybridized carbons (Fsp3) is 0.273. The Labute approximate surface area is 187 Å². The maximum absolute atomic E-state index is 12.6. The number of hydrogen-bond acceptors (Lipinski definition) is 7. The fourth-order valence-corrected chi connectivity index (χ4v) is 4.99. The van der Waals surface area contributed by atoms with Gasteiger partial charge in [0.1, 0.15) is 11.6 Å². The number of fused-ring (bicyclic) bond motifs is 1. The number of carbonyl (C=O) groups is 1. The van der Waals surface area contributed by atoms with Gasteiger partial charge in [0, 0.05) is 5.92 Å². The van der Waals surface area contributed by atoms with Crippen LogP contribution in [0.4, 0.5) is 5.13 Å². The maximum Gasteiger partial charge on any atom is 0.236 e. The van der Waals surface area contributed by atoms with Gasteiger partial charge in [0.2, 0.25) is 5.91 Å². The third-order valence-electron chi connectivity index (χ3n) is 5.05. The molecule has 1 amide bonds. The van der Waals surface area contributed by atoms with Crippen LogP contribution in [0, 0.1) is 0 Å². The van der Waals surface area contributed by atoms with Crippen molar-refractivity contribution in [3.8, 4) is 5.75 Å². The van der Waals surface area contributed by atoms with Gasteiger partial charge in [0.05, 0.1) is 29.6 Å². The van der Waals surface area contributed by atoms with Crippen molar-refractivity contribution in [2.24, 2.45) is 0 Å². The highest BCUT2D eigenvalue weighted by Gasteiger charge is 2.30. The summed E-state index contributed by atoms with van der Waals surface area (Å²) < 4.78 is 8.37. The molecule has 9 heteroatoms. The van der Waals surface area contributed by atoms with Crippen molar-refractivity contribution in [3.63, 3.8) is 0 Å². The van der Waals surface area contributed by atoms with Crippen LogP contribution in [0.2, 0.25) is 0 Å². The molecule has 1 fully saturated rings. The first-order valence-corrected chi connectivity index (χ1v) is 11.8. The highest BCUT2D eigenvalue weighted by Crippen LogP contribution is 2.40. The van der Waals surface area contributed by atoms with Gasteiger partial charge in [0.15, 0.2) is 10.3 Å². The van der Waals surface area contributed by atoms with E-state index in [1.165, 1.54) is 28.7 Å². The van der Waals surface area contributed by atoms with E-state index in [9.17, 15) is 4.79 Å². The molecule has 2 aromatic carbocycles. The van der Waals surface area contributed by atoms with Gasteiger partial charge in [-0.05, 0) is 36.6 Å². The normalized spacial score (nSPS) is 13.5. The summed E-state index contributed by atoms with van der Waals surface area (Å²) in [5.74, 6) is 2.41. The van der Waals surface area contributed by atoms with Gasteiger partial charge in [0.25, 0.3) is 0 Å². The number of methoxy groups -OCH3 is 1. The number of hydrogen-bond donors (Lipinski definition) is 1. The average Bonchev–Trinajstić information content (AvgIpc) is 3.43. The second-order valence-electron chi connectivity index (χ2n) is 7.38. The molecule has 2 heterocycles. The number of amides is 1. The lowest BCUT2D eigenvalue weighted by atomic mass is 10.2. The number of nitrogens with zero attached hydrogens (tertiary/aromatic N) is 4. The summed E-state index contributed by atoms with van der Waals surface area (Å²) in [6.07, 6.45) is 2.31. The lowest BCUT2D eigenvalue weighted by Crippen LogP contribution is -2.14. The van der Waals surface area contributed by atoms with Gasteiger partial charge in [-0.25, -0.2) is 4.98 Å². The molecule has 1 aliphatic rings. The van der Waals surface area contributed by atoms with Crippen LogP contribution in [-0.4, -0.2) is 38.5 Å². The Bertz CT molecular complexity index is 1220. The zero-order valence-corrected chi connectivity index (χ0v) is 18.6. The Balaban J connectivity index is 1.27. The van der Waals surface area contributed by atoms with Crippen LogP contribution >= 0.6 is 23.1 Å². The minimum Gasteiger partial charge on any atom is -0.497 e. The largest absolute Gasteiger partial charge is 0.497 e. The Morgan fingerprint density at radius 2 is 2.06 bits per heavy atom. The molecule has 7 nitrogen and oxygen atoms in total. The summed E-state index contributed by atoms with van der Waals surface area (Å²) in [5, 5.41) is 13.0. The number of rotatable bonds is 8. The molecule has 0 saturated heterocycles. The van der Waals surface area contributed by atoms with Crippen LogP contribution in [0.5, 0.6) is 5.75 Å². The molecule has 0 bridgehead atoms. The van der Waals surface area contributed by atoms with Crippen molar-refractivity contribution in [3.05, 3.63) is 59.9 Å². The number of nitrogens with one attached hydrogen (secondary N) is 1. The number of ether oxygens (including phenoxy) is 1. The number of thioether (sulfide) groups is 1. The first kappa shape index (κ1) is 20.0. The molecular formula is C22H21N5O2S2.